The Hall–Kier alpha value is -1.36. The average Bonchev–Trinajstić information content (AvgIpc) is 2.88. The molecule has 4 nitrogen and oxygen atoms in total. The van der Waals surface area contributed by atoms with Gasteiger partial charge in [-0.25, -0.2) is 0 Å². The van der Waals surface area contributed by atoms with E-state index in [-0.39, 0.29) is 17.9 Å². The van der Waals surface area contributed by atoms with Gasteiger partial charge < -0.3 is 10.4 Å². The van der Waals surface area contributed by atoms with Crippen LogP contribution in [0.1, 0.15) is 29.0 Å². The molecule has 0 spiro atoms. The molecule has 1 aliphatic carbocycles. The van der Waals surface area contributed by atoms with Crippen molar-refractivity contribution in [2.24, 2.45) is 5.92 Å². The van der Waals surface area contributed by atoms with E-state index in [0.29, 0.717) is 19.3 Å². The van der Waals surface area contributed by atoms with E-state index in [4.69, 9.17) is 5.11 Å². The third kappa shape index (κ3) is 3.32. The number of amides is 1. The largest absolute Gasteiger partial charge is 0.481 e. The Morgan fingerprint density at radius 3 is 2.78 bits per heavy atom. The monoisotopic (exact) mass is 267 g/mol. The molecule has 1 aliphatic rings. The van der Waals surface area contributed by atoms with Gasteiger partial charge in [0.25, 0.3) is 0 Å². The van der Waals surface area contributed by atoms with E-state index in [0.717, 1.165) is 11.3 Å². The van der Waals surface area contributed by atoms with Gasteiger partial charge in [0.1, 0.15) is 0 Å². The quantitative estimate of drug-likeness (QED) is 0.876. The Bertz CT molecular complexity index is 455. The summed E-state index contributed by atoms with van der Waals surface area (Å²) in [6.45, 7) is 2.01. The molecule has 5 heteroatoms. The molecule has 1 heterocycles. The van der Waals surface area contributed by atoms with Crippen LogP contribution in [0, 0.1) is 12.8 Å². The zero-order valence-corrected chi connectivity index (χ0v) is 11.1. The standard InChI is InChI=1S/C13H17NO3S/c1-8-2-5-11(18-8)7-12(15)14-10-4-3-9(6-10)13(16)17/h2,5,9-10H,3-4,6-7H2,1H3,(H,14,15)(H,16,17)/t9-,10+/m0/s1. The van der Waals surface area contributed by atoms with E-state index in [9.17, 15) is 9.59 Å². The van der Waals surface area contributed by atoms with Gasteiger partial charge in [0.05, 0.1) is 12.3 Å². The number of aryl methyl sites for hydroxylation is 1. The third-order valence-corrected chi connectivity index (χ3v) is 4.28. The smallest absolute Gasteiger partial charge is 0.306 e. The number of carbonyl (C=O) groups is 2. The molecule has 1 aromatic rings. The summed E-state index contributed by atoms with van der Waals surface area (Å²) >= 11 is 1.62. The second-order valence-electron chi connectivity index (χ2n) is 4.80. The molecule has 0 saturated heterocycles. The van der Waals surface area contributed by atoms with Crippen LogP contribution in [0.2, 0.25) is 0 Å². The first kappa shape index (κ1) is 13.1. The zero-order chi connectivity index (χ0) is 13.1. The topological polar surface area (TPSA) is 66.4 Å². The number of hydrogen-bond donors (Lipinski definition) is 2. The molecule has 1 fully saturated rings. The molecule has 1 saturated carbocycles. The molecule has 2 rings (SSSR count). The maximum absolute atomic E-state index is 11.8. The molecule has 0 unspecified atom stereocenters. The van der Waals surface area contributed by atoms with Crippen molar-refractivity contribution >= 4 is 23.2 Å². The normalized spacial score (nSPS) is 22.9. The van der Waals surface area contributed by atoms with Gasteiger partial charge in [-0.05, 0) is 38.3 Å². The first-order chi connectivity index (χ1) is 8.54. The van der Waals surface area contributed by atoms with Crippen LogP contribution in [0.3, 0.4) is 0 Å². The number of aliphatic carboxylic acids is 1. The first-order valence-corrected chi connectivity index (χ1v) is 6.93. The molecular formula is C13H17NO3S. The van der Waals surface area contributed by atoms with Crippen molar-refractivity contribution in [3.8, 4) is 0 Å². The summed E-state index contributed by atoms with van der Waals surface area (Å²) in [7, 11) is 0. The van der Waals surface area contributed by atoms with Crippen LogP contribution in [-0.2, 0) is 16.0 Å². The summed E-state index contributed by atoms with van der Waals surface area (Å²) in [5, 5.41) is 11.8. The zero-order valence-electron chi connectivity index (χ0n) is 10.3. The fourth-order valence-electron chi connectivity index (χ4n) is 2.35. The molecule has 0 bridgehead atoms. The molecule has 98 valence electrons. The lowest BCUT2D eigenvalue weighted by molar-refractivity contribution is -0.141. The maximum atomic E-state index is 11.8. The number of thiophene rings is 1. The van der Waals surface area contributed by atoms with Crippen LogP contribution in [0.15, 0.2) is 12.1 Å². The molecule has 1 aromatic heterocycles. The minimum atomic E-state index is -0.749. The van der Waals surface area contributed by atoms with Gasteiger partial charge in [0.2, 0.25) is 5.91 Å². The van der Waals surface area contributed by atoms with Crippen LogP contribution >= 0.6 is 11.3 Å². The molecule has 2 N–H and O–H groups in total. The third-order valence-electron chi connectivity index (χ3n) is 3.28. The summed E-state index contributed by atoms with van der Waals surface area (Å²) in [5.74, 6) is -1.05. The number of nitrogens with one attached hydrogen (secondary N) is 1. The van der Waals surface area contributed by atoms with Gasteiger partial charge >= 0.3 is 5.97 Å². The lowest BCUT2D eigenvalue weighted by Gasteiger charge is -2.11. The molecule has 1 amide bonds. The number of carboxylic acids is 1. The predicted octanol–water partition coefficient (Wildman–Crippen LogP) is 1.97. The Morgan fingerprint density at radius 2 is 2.22 bits per heavy atom. The van der Waals surface area contributed by atoms with Crippen LogP contribution in [0.5, 0.6) is 0 Å². The van der Waals surface area contributed by atoms with E-state index in [1.165, 1.54) is 4.88 Å². The molecule has 0 aliphatic heterocycles. The Morgan fingerprint density at radius 1 is 1.44 bits per heavy atom. The maximum Gasteiger partial charge on any atom is 0.306 e. The van der Waals surface area contributed by atoms with Crippen LogP contribution in [0.4, 0.5) is 0 Å². The van der Waals surface area contributed by atoms with Crippen molar-refractivity contribution < 1.29 is 14.7 Å². The average molecular weight is 267 g/mol. The van der Waals surface area contributed by atoms with Crippen molar-refractivity contribution in [3.63, 3.8) is 0 Å². The minimum absolute atomic E-state index is 0.00658. The number of carboxylic acid groups (broad SMARTS) is 1. The van der Waals surface area contributed by atoms with Gasteiger partial charge in [0, 0.05) is 15.8 Å². The van der Waals surface area contributed by atoms with Crippen molar-refractivity contribution in [2.45, 2.75) is 38.6 Å². The van der Waals surface area contributed by atoms with Gasteiger partial charge in [0.15, 0.2) is 0 Å². The van der Waals surface area contributed by atoms with Crippen LogP contribution in [0.25, 0.3) is 0 Å². The molecule has 0 radical (unpaired) electrons. The Labute approximate surface area is 110 Å². The fraction of sp³-hybridized carbons (Fsp3) is 0.538. The van der Waals surface area contributed by atoms with E-state index < -0.39 is 5.97 Å². The summed E-state index contributed by atoms with van der Waals surface area (Å²) in [6, 6.07) is 4.00. The van der Waals surface area contributed by atoms with Crippen molar-refractivity contribution in [1.29, 1.82) is 0 Å². The second-order valence-corrected chi connectivity index (χ2v) is 6.17. The predicted molar refractivity (Wildman–Crippen MR) is 69.7 cm³/mol. The van der Waals surface area contributed by atoms with Gasteiger partial charge in [-0.3, -0.25) is 9.59 Å². The van der Waals surface area contributed by atoms with Gasteiger partial charge in [-0.1, -0.05) is 0 Å². The summed E-state index contributed by atoms with van der Waals surface area (Å²) < 4.78 is 0. The summed E-state index contributed by atoms with van der Waals surface area (Å²) in [6.07, 6.45) is 2.39. The van der Waals surface area contributed by atoms with E-state index in [2.05, 4.69) is 5.32 Å². The number of carbonyl (C=O) groups excluding carboxylic acids is 1. The molecule has 18 heavy (non-hydrogen) atoms. The highest BCUT2D eigenvalue weighted by Crippen LogP contribution is 2.25. The molecular weight excluding hydrogens is 250 g/mol. The van der Waals surface area contributed by atoms with Gasteiger partial charge in [-0.15, -0.1) is 11.3 Å². The fourth-order valence-corrected chi connectivity index (χ4v) is 3.24. The second kappa shape index (κ2) is 5.52. The lowest BCUT2D eigenvalue weighted by Crippen LogP contribution is -2.34. The van der Waals surface area contributed by atoms with E-state index >= 15 is 0 Å². The minimum Gasteiger partial charge on any atom is -0.481 e. The summed E-state index contributed by atoms with van der Waals surface area (Å²) in [4.78, 5) is 24.9. The Balaban J connectivity index is 1.80. The number of rotatable bonds is 4. The first-order valence-electron chi connectivity index (χ1n) is 6.12. The van der Waals surface area contributed by atoms with Crippen molar-refractivity contribution in [1.82, 2.24) is 5.32 Å². The summed E-state index contributed by atoms with van der Waals surface area (Å²) in [5.41, 5.74) is 0. The molecule has 2 atom stereocenters. The highest BCUT2D eigenvalue weighted by Gasteiger charge is 2.30. The van der Waals surface area contributed by atoms with Crippen molar-refractivity contribution in [3.05, 3.63) is 21.9 Å². The van der Waals surface area contributed by atoms with E-state index in [1.807, 2.05) is 19.1 Å². The van der Waals surface area contributed by atoms with Crippen LogP contribution in [-0.4, -0.2) is 23.0 Å². The highest BCUT2D eigenvalue weighted by atomic mass is 32.1. The van der Waals surface area contributed by atoms with Gasteiger partial charge in [-0.2, -0.15) is 0 Å². The number of hydrogen-bond acceptors (Lipinski definition) is 3. The SMILES string of the molecule is Cc1ccc(CC(=O)N[C@@H]2CC[C@H](C(=O)O)C2)s1. The van der Waals surface area contributed by atoms with Crippen LogP contribution < -0.4 is 5.32 Å². The van der Waals surface area contributed by atoms with E-state index in [1.54, 1.807) is 11.3 Å². The lowest BCUT2D eigenvalue weighted by atomic mass is 10.1. The van der Waals surface area contributed by atoms with Crippen molar-refractivity contribution in [2.75, 3.05) is 0 Å². The molecule has 0 aromatic carbocycles. The highest BCUT2D eigenvalue weighted by molar-refractivity contribution is 7.12. The Kier molecular flexibility index (Phi) is 4.01.